The molecule has 0 spiro atoms. The molecule has 1 aromatic carbocycles. The molecule has 3 rings (SSSR count). The SMILES string of the molecule is CC1=C(CC(=O)O)C(=O)N2NC(C)C(c3ccccc3)C2N1. The molecule has 1 fully saturated rings. The van der Waals surface area contributed by atoms with E-state index in [4.69, 9.17) is 5.11 Å². The number of hydrogen-bond acceptors (Lipinski definition) is 4. The van der Waals surface area contributed by atoms with Crippen LogP contribution in [0.2, 0.25) is 0 Å². The number of benzene rings is 1. The largest absolute Gasteiger partial charge is 0.481 e. The van der Waals surface area contributed by atoms with Crippen molar-refractivity contribution in [3.05, 3.63) is 47.2 Å². The quantitative estimate of drug-likeness (QED) is 0.781. The third-order valence-electron chi connectivity index (χ3n) is 4.31. The fourth-order valence-corrected chi connectivity index (χ4v) is 3.27. The van der Waals surface area contributed by atoms with Crippen LogP contribution in [0, 0.1) is 0 Å². The highest BCUT2D eigenvalue weighted by molar-refractivity contribution is 5.98. The number of nitrogens with one attached hydrogen (secondary N) is 2. The highest BCUT2D eigenvalue weighted by Crippen LogP contribution is 2.34. The number of rotatable bonds is 3. The molecule has 1 saturated heterocycles. The molecule has 0 radical (unpaired) electrons. The summed E-state index contributed by atoms with van der Waals surface area (Å²) in [6.45, 7) is 3.79. The van der Waals surface area contributed by atoms with Crippen LogP contribution in [-0.2, 0) is 9.59 Å². The molecule has 22 heavy (non-hydrogen) atoms. The molecule has 3 N–H and O–H groups in total. The Hall–Kier alpha value is -2.34. The third kappa shape index (κ3) is 2.35. The standard InChI is InChI=1S/C16H19N3O3/c1-9-12(8-13(20)21)16(22)19-15(17-9)14(10(2)18-19)11-6-4-3-5-7-11/h3-7,10,14-15,17-18H,8H2,1-2H3,(H,20,21). The first-order valence-corrected chi connectivity index (χ1v) is 7.32. The lowest BCUT2D eigenvalue weighted by molar-refractivity contribution is -0.139. The van der Waals surface area contributed by atoms with Gasteiger partial charge in [-0.3, -0.25) is 14.6 Å². The van der Waals surface area contributed by atoms with Crippen LogP contribution in [0.25, 0.3) is 0 Å². The van der Waals surface area contributed by atoms with Crippen molar-refractivity contribution in [3.8, 4) is 0 Å². The van der Waals surface area contributed by atoms with Gasteiger partial charge in [0.1, 0.15) is 6.17 Å². The number of carbonyl (C=O) groups excluding carboxylic acids is 1. The van der Waals surface area contributed by atoms with Crippen LogP contribution in [0.4, 0.5) is 0 Å². The van der Waals surface area contributed by atoms with Crippen molar-refractivity contribution in [2.75, 3.05) is 0 Å². The molecule has 2 heterocycles. The van der Waals surface area contributed by atoms with Gasteiger partial charge in [-0.25, -0.2) is 5.43 Å². The maximum atomic E-state index is 12.6. The second-order valence-corrected chi connectivity index (χ2v) is 5.79. The summed E-state index contributed by atoms with van der Waals surface area (Å²) in [6, 6.07) is 10.1. The molecule has 116 valence electrons. The average molecular weight is 301 g/mol. The molecule has 0 aliphatic carbocycles. The van der Waals surface area contributed by atoms with E-state index in [1.165, 1.54) is 5.01 Å². The summed E-state index contributed by atoms with van der Waals surface area (Å²) in [6.07, 6.45) is -0.477. The van der Waals surface area contributed by atoms with Gasteiger partial charge in [-0.1, -0.05) is 30.3 Å². The van der Waals surface area contributed by atoms with Gasteiger partial charge >= 0.3 is 5.97 Å². The maximum Gasteiger partial charge on any atom is 0.308 e. The Balaban J connectivity index is 1.94. The zero-order valence-corrected chi connectivity index (χ0v) is 12.5. The number of carboxylic acids is 1. The molecule has 2 aliphatic heterocycles. The molecule has 0 bridgehead atoms. The lowest BCUT2D eigenvalue weighted by Crippen LogP contribution is -2.54. The number of hydrogen-bond donors (Lipinski definition) is 3. The molecular weight excluding hydrogens is 282 g/mol. The Morgan fingerprint density at radius 3 is 2.64 bits per heavy atom. The minimum atomic E-state index is -1.00. The fourth-order valence-electron chi connectivity index (χ4n) is 3.27. The monoisotopic (exact) mass is 301 g/mol. The highest BCUT2D eigenvalue weighted by Gasteiger charge is 2.46. The van der Waals surface area contributed by atoms with E-state index in [1.54, 1.807) is 6.92 Å². The van der Waals surface area contributed by atoms with Crippen molar-refractivity contribution >= 4 is 11.9 Å². The van der Waals surface area contributed by atoms with Crippen molar-refractivity contribution in [2.45, 2.75) is 38.4 Å². The van der Waals surface area contributed by atoms with E-state index < -0.39 is 5.97 Å². The minimum Gasteiger partial charge on any atom is -0.481 e. The molecule has 1 amide bonds. The number of nitrogens with zero attached hydrogens (tertiary/aromatic N) is 1. The van der Waals surface area contributed by atoms with E-state index in [0.717, 1.165) is 5.56 Å². The highest BCUT2D eigenvalue weighted by atomic mass is 16.4. The van der Waals surface area contributed by atoms with Crippen LogP contribution in [0.15, 0.2) is 41.6 Å². The van der Waals surface area contributed by atoms with Gasteiger partial charge in [0.15, 0.2) is 0 Å². The molecule has 3 unspecified atom stereocenters. The molecule has 3 atom stereocenters. The second-order valence-electron chi connectivity index (χ2n) is 5.79. The third-order valence-corrected chi connectivity index (χ3v) is 4.31. The van der Waals surface area contributed by atoms with Crippen LogP contribution in [0.1, 0.15) is 31.7 Å². The normalized spacial score (nSPS) is 27.6. The average Bonchev–Trinajstić information content (AvgIpc) is 2.80. The number of amides is 1. The van der Waals surface area contributed by atoms with E-state index >= 15 is 0 Å². The maximum absolute atomic E-state index is 12.6. The van der Waals surface area contributed by atoms with Gasteiger partial charge in [0, 0.05) is 23.2 Å². The zero-order chi connectivity index (χ0) is 15.9. The summed E-state index contributed by atoms with van der Waals surface area (Å²) in [5, 5.41) is 13.8. The van der Waals surface area contributed by atoms with Gasteiger partial charge in [0.25, 0.3) is 5.91 Å². The number of carbonyl (C=O) groups is 2. The molecule has 0 aromatic heterocycles. The number of aliphatic carboxylic acids is 1. The van der Waals surface area contributed by atoms with Gasteiger partial charge in [-0.15, -0.1) is 0 Å². The molecular formula is C16H19N3O3. The van der Waals surface area contributed by atoms with Gasteiger partial charge in [0.2, 0.25) is 0 Å². The van der Waals surface area contributed by atoms with Gasteiger partial charge in [-0.2, -0.15) is 0 Å². The second kappa shape index (κ2) is 5.46. The first-order valence-electron chi connectivity index (χ1n) is 7.32. The smallest absolute Gasteiger partial charge is 0.308 e. The molecule has 6 nitrogen and oxygen atoms in total. The van der Waals surface area contributed by atoms with Gasteiger partial charge < -0.3 is 10.4 Å². The predicted molar refractivity (Wildman–Crippen MR) is 80.5 cm³/mol. The Morgan fingerprint density at radius 2 is 2.00 bits per heavy atom. The molecule has 2 aliphatic rings. The van der Waals surface area contributed by atoms with E-state index in [-0.39, 0.29) is 30.5 Å². The molecule has 1 aromatic rings. The Morgan fingerprint density at radius 1 is 1.32 bits per heavy atom. The molecule has 6 heteroatoms. The van der Waals surface area contributed by atoms with Crippen LogP contribution < -0.4 is 10.7 Å². The number of hydrazine groups is 1. The Labute approximate surface area is 128 Å². The van der Waals surface area contributed by atoms with E-state index in [2.05, 4.69) is 10.7 Å². The zero-order valence-electron chi connectivity index (χ0n) is 12.5. The van der Waals surface area contributed by atoms with Gasteiger partial charge in [0.05, 0.1) is 6.42 Å². The molecule has 0 saturated carbocycles. The fraction of sp³-hybridized carbons (Fsp3) is 0.375. The Bertz CT molecular complexity index is 641. The van der Waals surface area contributed by atoms with E-state index in [9.17, 15) is 9.59 Å². The minimum absolute atomic E-state index is 0.0702. The van der Waals surface area contributed by atoms with Crippen LogP contribution >= 0.6 is 0 Å². The summed E-state index contributed by atoms with van der Waals surface area (Å²) < 4.78 is 0. The first-order chi connectivity index (χ1) is 10.5. The lowest BCUT2D eigenvalue weighted by Gasteiger charge is -2.34. The summed E-state index contributed by atoms with van der Waals surface area (Å²) in [7, 11) is 0. The van der Waals surface area contributed by atoms with Crippen molar-refractivity contribution in [1.82, 2.24) is 15.8 Å². The van der Waals surface area contributed by atoms with E-state index in [1.807, 2.05) is 37.3 Å². The predicted octanol–water partition coefficient (Wildman–Crippen LogP) is 1.18. The van der Waals surface area contributed by atoms with Crippen LogP contribution in [-0.4, -0.2) is 34.2 Å². The van der Waals surface area contributed by atoms with Crippen molar-refractivity contribution in [2.24, 2.45) is 0 Å². The number of carboxylic acid groups (broad SMARTS) is 1. The lowest BCUT2D eigenvalue weighted by atomic mass is 9.90. The summed E-state index contributed by atoms with van der Waals surface area (Å²) in [4.78, 5) is 23.5. The topological polar surface area (TPSA) is 81.7 Å². The van der Waals surface area contributed by atoms with Gasteiger partial charge in [-0.05, 0) is 19.4 Å². The summed E-state index contributed by atoms with van der Waals surface area (Å²) >= 11 is 0. The van der Waals surface area contributed by atoms with Crippen LogP contribution in [0.3, 0.4) is 0 Å². The van der Waals surface area contributed by atoms with Crippen LogP contribution in [0.5, 0.6) is 0 Å². The van der Waals surface area contributed by atoms with Crippen molar-refractivity contribution in [3.63, 3.8) is 0 Å². The first kappa shape index (κ1) is 14.6. The summed E-state index contributed by atoms with van der Waals surface area (Å²) in [5.74, 6) is -1.16. The van der Waals surface area contributed by atoms with Crippen molar-refractivity contribution < 1.29 is 14.7 Å². The number of fused-ring (bicyclic) bond motifs is 1. The number of allylic oxidation sites excluding steroid dienone is 1. The van der Waals surface area contributed by atoms with E-state index in [0.29, 0.717) is 11.3 Å². The summed E-state index contributed by atoms with van der Waals surface area (Å²) in [5.41, 5.74) is 5.26. The Kier molecular flexibility index (Phi) is 3.62. The van der Waals surface area contributed by atoms with Crippen molar-refractivity contribution in [1.29, 1.82) is 0 Å².